The summed E-state index contributed by atoms with van der Waals surface area (Å²) < 4.78 is 26.6. The Labute approximate surface area is 151 Å². The third-order valence-electron chi connectivity index (χ3n) is 3.02. The van der Waals surface area contributed by atoms with Gasteiger partial charge in [-0.25, -0.2) is 13.1 Å². The molecule has 1 amide bonds. The van der Waals surface area contributed by atoms with Crippen LogP contribution in [0.1, 0.15) is 24.2 Å². The fraction of sp³-hybridized carbons (Fsp3) is 0.188. The topological polar surface area (TPSA) is 75.3 Å². The number of rotatable bonds is 5. The Hall–Kier alpha value is -1.60. The maximum absolute atomic E-state index is 12.2. The molecular formula is C16H16Cl2N2O3S. The summed E-state index contributed by atoms with van der Waals surface area (Å²) in [5.41, 5.74) is 0.682. The molecule has 2 aromatic rings. The fourth-order valence-electron chi connectivity index (χ4n) is 1.96. The smallest absolute Gasteiger partial charge is 0.255 e. The molecule has 0 fully saturated rings. The van der Waals surface area contributed by atoms with Crippen LogP contribution in [0.5, 0.6) is 0 Å². The molecule has 128 valence electrons. The van der Waals surface area contributed by atoms with Gasteiger partial charge in [0.25, 0.3) is 5.91 Å². The first kappa shape index (κ1) is 18.7. The van der Waals surface area contributed by atoms with Gasteiger partial charge in [-0.3, -0.25) is 4.79 Å². The molecule has 8 heteroatoms. The lowest BCUT2D eigenvalue weighted by molar-refractivity contribution is 0.102. The molecule has 0 aliphatic rings. The van der Waals surface area contributed by atoms with Crippen LogP contribution >= 0.6 is 23.2 Å². The molecule has 0 heterocycles. The number of anilines is 1. The van der Waals surface area contributed by atoms with E-state index in [1.165, 1.54) is 24.3 Å². The summed E-state index contributed by atoms with van der Waals surface area (Å²) in [6.07, 6.45) is 0. The van der Waals surface area contributed by atoms with Gasteiger partial charge >= 0.3 is 0 Å². The van der Waals surface area contributed by atoms with Crippen LogP contribution in [0, 0.1) is 0 Å². The molecular weight excluding hydrogens is 371 g/mol. The Morgan fingerprint density at radius 1 is 1.04 bits per heavy atom. The van der Waals surface area contributed by atoms with Crippen LogP contribution in [0.25, 0.3) is 0 Å². The van der Waals surface area contributed by atoms with Gasteiger partial charge in [-0.2, -0.15) is 0 Å². The normalized spacial score (nSPS) is 11.5. The molecule has 0 unspecified atom stereocenters. The minimum atomic E-state index is -3.59. The van der Waals surface area contributed by atoms with Crippen LogP contribution in [0.2, 0.25) is 10.0 Å². The summed E-state index contributed by atoms with van der Waals surface area (Å²) in [5, 5.41) is 3.21. The van der Waals surface area contributed by atoms with E-state index in [9.17, 15) is 13.2 Å². The number of sulfonamides is 1. The highest BCUT2D eigenvalue weighted by Crippen LogP contribution is 2.29. The molecule has 0 aliphatic heterocycles. The zero-order chi connectivity index (χ0) is 17.9. The average Bonchev–Trinajstić information content (AvgIpc) is 2.50. The van der Waals surface area contributed by atoms with E-state index >= 15 is 0 Å². The van der Waals surface area contributed by atoms with E-state index in [1.807, 2.05) is 0 Å². The number of benzene rings is 2. The maximum Gasteiger partial charge on any atom is 0.255 e. The van der Waals surface area contributed by atoms with Crippen molar-refractivity contribution >= 4 is 44.8 Å². The predicted octanol–water partition coefficient (Wildman–Crippen LogP) is 3.93. The Bertz CT molecular complexity index is 850. The van der Waals surface area contributed by atoms with Gasteiger partial charge in [0, 0.05) is 11.6 Å². The number of amides is 1. The Kier molecular flexibility index (Phi) is 5.87. The second-order valence-corrected chi connectivity index (χ2v) is 7.86. The quantitative estimate of drug-likeness (QED) is 0.816. The van der Waals surface area contributed by atoms with Crippen molar-refractivity contribution in [1.82, 2.24) is 4.72 Å². The summed E-state index contributed by atoms with van der Waals surface area (Å²) in [7, 11) is -3.59. The van der Waals surface area contributed by atoms with Gasteiger partial charge in [0.15, 0.2) is 0 Å². The number of nitrogens with one attached hydrogen (secondary N) is 2. The van der Waals surface area contributed by atoms with E-state index in [0.29, 0.717) is 16.3 Å². The number of hydrogen-bond acceptors (Lipinski definition) is 3. The standard InChI is InChI=1S/C16H16Cl2N2O3S/c1-10(2)20-24(22,23)12-8-6-11(7-9-12)16(21)19-14-5-3-4-13(17)15(14)18/h3-10,20H,1-2H3,(H,19,21). The molecule has 2 N–H and O–H groups in total. The first-order valence-electron chi connectivity index (χ1n) is 7.08. The summed E-state index contributed by atoms with van der Waals surface area (Å²) in [6.45, 7) is 3.46. The van der Waals surface area contributed by atoms with Gasteiger partial charge in [-0.15, -0.1) is 0 Å². The van der Waals surface area contributed by atoms with E-state index in [0.717, 1.165) is 0 Å². The van der Waals surface area contributed by atoms with E-state index < -0.39 is 15.9 Å². The van der Waals surface area contributed by atoms with Crippen molar-refractivity contribution < 1.29 is 13.2 Å². The minimum absolute atomic E-state index is 0.0912. The molecule has 0 aromatic heterocycles. The van der Waals surface area contributed by atoms with Crippen LogP contribution in [0.15, 0.2) is 47.4 Å². The van der Waals surface area contributed by atoms with Crippen LogP contribution in [0.3, 0.4) is 0 Å². The van der Waals surface area contributed by atoms with Crippen LogP contribution in [-0.2, 0) is 10.0 Å². The molecule has 0 aliphatic carbocycles. The zero-order valence-electron chi connectivity index (χ0n) is 13.0. The van der Waals surface area contributed by atoms with Gasteiger partial charge < -0.3 is 5.32 Å². The van der Waals surface area contributed by atoms with E-state index in [-0.39, 0.29) is 16.0 Å². The van der Waals surface area contributed by atoms with E-state index in [1.54, 1.807) is 32.0 Å². The maximum atomic E-state index is 12.2. The van der Waals surface area contributed by atoms with Crippen molar-refractivity contribution in [3.05, 3.63) is 58.1 Å². The molecule has 0 atom stereocenters. The molecule has 24 heavy (non-hydrogen) atoms. The van der Waals surface area contributed by atoms with Crippen molar-refractivity contribution in [1.29, 1.82) is 0 Å². The highest BCUT2D eigenvalue weighted by atomic mass is 35.5. The van der Waals surface area contributed by atoms with Gasteiger partial charge in [0.2, 0.25) is 10.0 Å². The van der Waals surface area contributed by atoms with Gasteiger partial charge in [0.1, 0.15) is 0 Å². The molecule has 0 saturated heterocycles. The third-order valence-corrected chi connectivity index (χ3v) is 5.51. The third kappa shape index (κ3) is 4.48. The predicted molar refractivity (Wildman–Crippen MR) is 96.3 cm³/mol. The SMILES string of the molecule is CC(C)NS(=O)(=O)c1ccc(C(=O)Nc2cccc(Cl)c2Cl)cc1. The summed E-state index contributed by atoms with van der Waals surface area (Å²) in [6, 6.07) is 10.3. The average molecular weight is 387 g/mol. The second kappa shape index (κ2) is 7.53. The Morgan fingerprint density at radius 2 is 1.67 bits per heavy atom. The highest BCUT2D eigenvalue weighted by molar-refractivity contribution is 7.89. The lowest BCUT2D eigenvalue weighted by Gasteiger charge is -2.11. The van der Waals surface area contributed by atoms with Crippen molar-refractivity contribution in [2.24, 2.45) is 0 Å². The molecule has 0 radical (unpaired) electrons. The van der Waals surface area contributed by atoms with Crippen molar-refractivity contribution in [3.63, 3.8) is 0 Å². The number of hydrogen-bond donors (Lipinski definition) is 2. The van der Waals surface area contributed by atoms with Crippen LogP contribution in [0.4, 0.5) is 5.69 Å². The van der Waals surface area contributed by atoms with Crippen LogP contribution < -0.4 is 10.0 Å². The van der Waals surface area contributed by atoms with Gasteiger partial charge in [-0.1, -0.05) is 29.3 Å². The lowest BCUT2D eigenvalue weighted by atomic mass is 10.2. The van der Waals surface area contributed by atoms with E-state index in [2.05, 4.69) is 10.0 Å². The largest absolute Gasteiger partial charge is 0.321 e. The van der Waals surface area contributed by atoms with Gasteiger partial charge in [-0.05, 0) is 50.2 Å². The number of carbonyl (C=O) groups excluding carboxylic acids is 1. The summed E-state index contributed by atoms with van der Waals surface area (Å²) >= 11 is 11.9. The van der Waals surface area contributed by atoms with Crippen molar-refractivity contribution in [2.75, 3.05) is 5.32 Å². The highest BCUT2D eigenvalue weighted by Gasteiger charge is 2.16. The van der Waals surface area contributed by atoms with Crippen LogP contribution in [-0.4, -0.2) is 20.4 Å². The second-order valence-electron chi connectivity index (χ2n) is 5.36. The minimum Gasteiger partial charge on any atom is -0.321 e. The van der Waals surface area contributed by atoms with Crippen molar-refractivity contribution in [3.8, 4) is 0 Å². The molecule has 2 rings (SSSR count). The lowest BCUT2D eigenvalue weighted by Crippen LogP contribution is -2.30. The molecule has 2 aromatic carbocycles. The number of carbonyl (C=O) groups is 1. The molecule has 0 saturated carbocycles. The Morgan fingerprint density at radius 3 is 2.25 bits per heavy atom. The molecule has 0 bridgehead atoms. The van der Waals surface area contributed by atoms with E-state index in [4.69, 9.17) is 23.2 Å². The summed E-state index contributed by atoms with van der Waals surface area (Å²) in [4.78, 5) is 12.3. The first-order valence-corrected chi connectivity index (χ1v) is 9.32. The monoisotopic (exact) mass is 386 g/mol. The Balaban J connectivity index is 2.19. The zero-order valence-corrected chi connectivity index (χ0v) is 15.3. The molecule has 5 nitrogen and oxygen atoms in total. The van der Waals surface area contributed by atoms with Crippen molar-refractivity contribution in [2.45, 2.75) is 24.8 Å². The molecule has 0 spiro atoms. The number of halogens is 2. The fourth-order valence-corrected chi connectivity index (χ4v) is 3.56. The first-order chi connectivity index (χ1) is 11.2. The van der Waals surface area contributed by atoms with Gasteiger partial charge in [0.05, 0.1) is 20.6 Å². The summed E-state index contributed by atoms with van der Waals surface area (Å²) in [5.74, 6) is -0.417.